The molecule has 0 aliphatic heterocycles. The minimum absolute atomic E-state index is 0.309. The summed E-state index contributed by atoms with van der Waals surface area (Å²) in [6.45, 7) is 0.692. The number of nitrogens with zero attached hydrogens (tertiary/aromatic N) is 3. The second-order valence-electron chi connectivity index (χ2n) is 4.68. The number of rotatable bonds is 3. The quantitative estimate of drug-likeness (QED) is 0.738. The van der Waals surface area contributed by atoms with Gasteiger partial charge in [0.25, 0.3) is 0 Å². The Bertz CT molecular complexity index is 778. The Morgan fingerprint density at radius 2 is 1.85 bits per heavy atom. The van der Waals surface area contributed by atoms with Crippen molar-refractivity contribution < 1.29 is 0 Å². The first-order valence-electron chi connectivity index (χ1n) is 6.43. The minimum atomic E-state index is 0.309. The summed E-state index contributed by atoms with van der Waals surface area (Å²) < 4.78 is 2.09. The fraction of sp³-hybridized carbons (Fsp3) is 0.125. The van der Waals surface area contributed by atoms with E-state index in [1.807, 2.05) is 48.5 Å². The maximum atomic E-state index is 8.95. The van der Waals surface area contributed by atoms with Crippen molar-refractivity contribution >= 4 is 16.7 Å². The molecule has 4 heteroatoms. The van der Waals surface area contributed by atoms with Gasteiger partial charge in [-0.1, -0.05) is 24.3 Å². The molecule has 0 saturated carbocycles. The zero-order valence-corrected chi connectivity index (χ0v) is 11.0. The lowest BCUT2D eigenvalue weighted by Gasteiger charge is -2.08. The number of aromatic nitrogens is 2. The van der Waals surface area contributed by atoms with Gasteiger partial charge in [0.05, 0.1) is 23.5 Å². The summed E-state index contributed by atoms with van der Waals surface area (Å²) in [5.41, 5.74) is 9.57. The van der Waals surface area contributed by atoms with Crippen LogP contribution < -0.4 is 5.73 Å². The molecule has 0 radical (unpaired) electrons. The molecule has 0 atom stereocenters. The van der Waals surface area contributed by atoms with Crippen molar-refractivity contribution in [2.75, 3.05) is 5.73 Å². The maximum Gasteiger partial charge on any atom is 0.124 e. The van der Waals surface area contributed by atoms with Crippen LogP contribution in [0.3, 0.4) is 0 Å². The van der Waals surface area contributed by atoms with Crippen molar-refractivity contribution in [1.82, 2.24) is 9.55 Å². The van der Waals surface area contributed by atoms with Crippen LogP contribution in [0, 0.1) is 11.3 Å². The van der Waals surface area contributed by atoms with Gasteiger partial charge in [0.1, 0.15) is 5.82 Å². The molecule has 0 saturated heterocycles. The summed E-state index contributed by atoms with van der Waals surface area (Å²) in [5, 5.41) is 8.95. The zero-order valence-electron chi connectivity index (χ0n) is 11.0. The second kappa shape index (κ2) is 5.06. The SMILES string of the molecule is N#CCc1nc2ccccc2n1Cc1ccc(N)cc1. The number of nitrogens with two attached hydrogens (primary N) is 1. The highest BCUT2D eigenvalue weighted by Crippen LogP contribution is 2.18. The Hall–Kier alpha value is -2.80. The van der Waals surface area contributed by atoms with Crippen LogP contribution in [0.25, 0.3) is 11.0 Å². The van der Waals surface area contributed by atoms with E-state index in [1.54, 1.807) is 0 Å². The Balaban J connectivity index is 2.06. The molecule has 0 unspecified atom stereocenters. The minimum Gasteiger partial charge on any atom is -0.399 e. The molecule has 2 aromatic carbocycles. The number of hydrogen-bond donors (Lipinski definition) is 1. The van der Waals surface area contributed by atoms with E-state index in [-0.39, 0.29) is 0 Å². The van der Waals surface area contributed by atoms with Crippen LogP contribution in [0.5, 0.6) is 0 Å². The molecule has 0 fully saturated rings. The molecule has 0 bridgehead atoms. The third-order valence-electron chi connectivity index (χ3n) is 3.29. The number of anilines is 1. The van der Waals surface area contributed by atoms with Crippen molar-refractivity contribution in [2.24, 2.45) is 0 Å². The van der Waals surface area contributed by atoms with Crippen molar-refractivity contribution in [3.63, 3.8) is 0 Å². The molecule has 1 aromatic heterocycles. The lowest BCUT2D eigenvalue weighted by molar-refractivity contribution is 0.770. The maximum absolute atomic E-state index is 8.95. The van der Waals surface area contributed by atoms with E-state index in [4.69, 9.17) is 11.0 Å². The molecule has 0 aliphatic rings. The highest BCUT2D eigenvalue weighted by molar-refractivity contribution is 5.76. The van der Waals surface area contributed by atoms with Gasteiger partial charge in [0.15, 0.2) is 0 Å². The van der Waals surface area contributed by atoms with Crippen LogP contribution in [0.15, 0.2) is 48.5 Å². The van der Waals surface area contributed by atoms with Crippen molar-refractivity contribution in [3.05, 3.63) is 59.9 Å². The topological polar surface area (TPSA) is 67.6 Å². The molecule has 3 aromatic rings. The highest BCUT2D eigenvalue weighted by Gasteiger charge is 2.10. The lowest BCUT2D eigenvalue weighted by atomic mass is 10.2. The molecule has 0 aliphatic carbocycles. The standard InChI is InChI=1S/C16H14N4/c17-10-9-16-19-14-3-1-2-4-15(14)20(16)11-12-5-7-13(18)8-6-12/h1-8H,9,11,18H2. The third-order valence-corrected chi connectivity index (χ3v) is 3.29. The van der Waals surface area contributed by atoms with E-state index in [9.17, 15) is 0 Å². The van der Waals surface area contributed by atoms with Crippen LogP contribution in [0.4, 0.5) is 5.69 Å². The van der Waals surface area contributed by atoms with E-state index < -0.39 is 0 Å². The van der Waals surface area contributed by atoms with Gasteiger partial charge >= 0.3 is 0 Å². The van der Waals surface area contributed by atoms with E-state index in [0.717, 1.165) is 28.1 Å². The highest BCUT2D eigenvalue weighted by atomic mass is 15.1. The molecule has 98 valence electrons. The van der Waals surface area contributed by atoms with Crippen molar-refractivity contribution in [2.45, 2.75) is 13.0 Å². The van der Waals surface area contributed by atoms with Gasteiger partial charge < -0.3 is 10.3 Å². The largest absolute Gasteiger partial charge is 0.399 e. The number of para-hydroxylation sites is 2. The van der Waals surface area contributed by atoms with Crippen molar-refractivity contribution in [3.8, 4) is 6.07 Å². The Morgan fingerprint density at radius 3 is 2.60 bits per heavy atom. The Morgan fingerprint density at radius 1 is 1.10 bits per heavy atom. The number of hydrogen-bond acceptors (Lipinski definition) is 3. The van der Waals surface area contributed by atoms with Gasteiger partial charge in [0.2, 0.25) is 0 Å². The zero-order chi connectivity index (χ0) is 13.9. The van der Waals surface area contributed by atoms with E-state index in [0.29, 0.717) is 13.0 Å². The summed E-state index contributed by atoms with van der Waals surface area (Å²) in [5.74, 6) is 0.797. The molecule has 1 heterocycles. The first-order chi connectivity index (χ1) is 9.78. The van der Waals surface area contributed by atoms with E-state index in [2.05, 4.69) is 15.6 Å². The molecule has 0 amide bonds. The number of imidazole rings is 1. The summed E-state index contributed by atoms with van der Waals surface area (Å²) >= 11 is 0. The normalized spacial score (nSPS) is 10.6. The van der Waals surface area contributed by atoms with Gasteiger partial charge in [-0.2, -0.15) is 5.26 Å². The predicted octanol–water partition coefficient (Wildman–Crippen LogP) is 2.73. The molecular weight excluding hydrogens is 248 g/mol. The van der Waals surface area contributed by atoms with Crippen LogP contribution in [0.1, 0.15) is 11.4 Å². The second-order valence-corrected chi connectivity index (χ2v) is 4.68. The molecule has 3 rings (SSSR count). The summed E-state index contributed by atoms with van der Waals surface area (Å²) in [7, 11) is 0. The third kappa shape index (κ3) is 2.21. The fourth-order valence-electron chi connectivity index (χ4n) is 2.31. The van der Waals surface area contributed by atoms with Crippen LogP contribution in [0.2, 0.25) is 0 Å². The summed E-state index contributed by atoms with van der Waals surface area (Å²) in [4.78, 5) is 4.53. The van der Waals surface area contributed by atoms with Gasteiger partial charge in [0, 0.05) is 12.2 Å². The van der Waals surface area contributed by atoms with Crippen LogP contribution in [-0.4, -0.2) is 9.55 Å². The first kappa shape index (κ1) is 12.2. The molecular formula is C16H14N4. The van der Waals surface area contributed by atoms with Gasteiger partial charge in [-0.25, -0.2) is 4.98 Å². The molecule has 4 nitrogen and oxygen atoms in total. The molecule has 20 heavy (non-hydrogen) atoms. The van der Waals surface area contributed by atoms with E-state index in [1.165, 1.54) is 0 Å². The van der Waals surface area contributed by atoms with Gasteiger partial charge in [-0.05, 0) is 29.8 Å². The Labute approximate surface area is 117 Å². The summed E-state index contributed by atoms with van der Waals surface area (Å²) in [6.07, 6.45) is 0.309. The van der Waals surface area contributed by atoms with Gasteiger partial charge in [-0.3, -0.25) is 0 Å². The molecule has 0 spiro atoms. The number of nitriles is 1. The number of nitrogen functional groups attached to an aromatic ring is 1. The Kier molecular flexibility index (Phi) is 3.10. The summed E-state index contributed by atoms with van der Waals surface area (Å²) in [6, 6.07) is 17.9. The van der Waals surface area contributed by atoms with Crippen LogP contribution >= 0.6 is 0 Å². The smallest absolute Gasteiger partial charge is 0.124 e. The molecule has 2 N–H and O–H groups in total. The average Bonchev–Trinajstić information content (AvgIpc) is 2.80. The fourth-order valence-corrected chi connectivity index (χ4v) is 2.31. The predicted molar refractivity (Wildman–Crippen MR) is 79.0 cm³/mol. The van der Waals surface area contributed by atoms with Crippen LogP contribution in [-0.2, 0) is 13.0 Å². The monoisotopic (exact) mass is 262 g/mol. The lowest BCUT2D eigenvalue weighted by Crippen LogP contribution is -2.04. The number of benzene rings is 2. The number of fused-ring (bicyclic) bond motifs is 1. The van der Waals surface area contributed by atoms with E-state index >= 15 is 0 Å². The average molecular weight is 262 g/mol. The first-order valence-corrected chi connectivity index (χ1v) is 6.43. The van der Waals surface area contributed by atoms with Crippen molar-refractivity contribution in [1.29, 1.82) is 5.26 Å². The van der Waals surface area contributed by atoms with Gasteiger partial charge in [-0.15, -0.1) is 0 Å².